The van der Waals surface area contributed by atoms with Crippen LogP contribution in [0.25, 0.3) is 0 Å². The Kier molecular flexibility index (Phi) is 3.88. The van der Waals surface area contributed by atoms with E-state index in [1.54, 1.807) is 36.7 Å². The number of rotatable bonds is 3. The molecule has 0 radical (unpaired) electrons. The molecule has 1 aromatic carbocycles. The van der Waals surface area contributed by atoms with Gasteiger partial charge in [0.05, 0.1) is 17.1 Å². The van der Waals surface area contributed by atoms with Gasteiger partial charge in [0.1, 0.15) is 5.75 Å². The summed E-state index contributed by atoms with van der Waals surface area (Å²) in [7, 11) is 1.33. The molecule has 0 fully saturated rings. The third kappa shape index (κ3) is 3.04. The first kappa shape index (κ1) is 12.5. The van der Waals surface area contributed by atoms with Crippen LogP contribution in [0.2, 0.25) is 0 Å². The number of methoxy groups -OCH3 is 1. The number of esters is 1. The van der Waals surface area contributed by atoms with Crippen LogP contribution in [0, 0.1) is 0 Å². The Morgan fingerprint density at radius 3 is 2.67 bits per heavy atom. The van der Waals surface area contributed by atoms with Gasteiger partial charge in [-0.05, 0) is 34.1 Å². The second-order valence-corrected chi connectivity index (χ2v) is 4.22. The van der Waals surface area contributed by atoms with Crippen LogP contribution in [-0.4, -0.2) is 23.0 Å². The van der Waals surface area contributed by atoms with Gasteiger partial charge in [0.2, 0.25) is 0 Å². The summed E-state index contributed by atoms with van der Waals surface area (Å²) in [4.78, 5) is 19.3. The molecule has 2 rings (SSSR count). The van der Waals surface area contributed by atoms with E-state index in [9.17, 15) is 4.79 Å². The number of ether oxygens (including phenoxy) is 2. The highest BCUT2D eigenvalue weighted by Crippen LogP contribution is 2.19. The number of benzene rings is 1. The lowest BCUT2D eigenvalue weighted by atomic mass is 10.2. The van der Waals surface area contributed by atoms with Crippen molar-refractivity contribution >= 4 is 21.9 Å². The maximum absolute atomic E-state index is 11.3. The first-order chi connectivity index (χ1) is 8.69. The Morgan fingerprint density at radius 1 is 1.28 bits per heavy atom. The predicted molar refractivity (Wildman–Crippen MR) is 67.6 cm³/mol. The lowest BCUT2D eigenvalue weighted by Gasteiger charge is -2.05. The molecule has 1 heterocycles. The van der Waals surface area contributed by atoms with Crippen molar-refractivity contribution in [1.82, 2.24) is 9.97 Å². The first-order valence-corrected chi connectivity index (χ1v) is 5.82. The van der Waals surface area contributed by atoms with Crippen LogP contribution in [-0.2, 0) is 4.74 Å². The SMILES string of the molecule is COC(=O)c1cccc(Oc2ncc(Br)cn2)c1. The summed E-state index contributed by atoms with van der Waals surface area (Å²) in [5.41, 5.74) is 0.409. The third-order valence-electron chi connectivity index (χ3n) is 2.06. The molecule has 0 aliphatic carbocycles. The van der Waals surface area contributed by atoms with E-state index in [2.05, 4.69) is 30.6 Å². The van der Waals surface area contributed by atoms with Gasteiger partial charge >= 0.3 is 12.0 Å². The van der Waals surface area contributed by atoms with Crippen molar-refractivity contribution in [3.8, 4) is 11.8 Å². The van der Waals surface area contributed by atoms with Gasteiger partial charge in [-0.25, -0.2) is 14.8 Å². The van der Waals surface area contributed by atoms with Gasteiger partial charge in [0, 0.05) is 12.4 Å². The molecule has 0 atom stereocenters. The number of carbonyl (C=O) groups is 1. The van der Waals surface area contributed by atoms with Crippen LogP contribution in [0.5, 0.6) is 11.8 Å². The van der Waals surface area contributed by atoms with Crippen molar-refractivity contribution < 1.29 is 14.3 Å². The lowest BCUT2D eigenvalue weighted by Crippen LogP contribution is -2.01. The van der Waals surface area contributed by atoms with E-state index in [4.69, 9.17) is 4.74 Å². The number of hydrogen-bond donors (Lipinski definition) is 0. The average Bonchev–Trinajstić information content (AvgIpc) is 2.41. The van der Waals surface area contributed by atoms with Crippen LogP contribution in [0.4, 0.5) is 0 Å². The Balaban J connectivity index is 2.19. The number of aromatic nitrogens is 2. The molecule has 0 saturated heterocycles. The van der Waals surface area contributed by atoms with Crippen molar-refractivity contribution in [1.29, 1.82) is 0 Å². The van der Waals surface area contributed by atoms with Crippen LogP contribution < -0.4 is 4.74 Å². The zero-order valence-corrected chi connectivity index (χ0v) is 11.0. The molecule has 0 N–H and O–H groups in total. The van der Waals surface area contributed by atoms with E-state index < -0.39 is 5.97 Å². The molecule has 0 bridgehead atoms. The molecule has 5 nitrogen and oxygen atoms in total. The molecule has 0 saturated carbocycles. The molecule has 0 aliphatic heterocycles. The van der Waals surface area contributed by atoms with Crippen molar-refractivity contribution in [2.24, 2.45) is 0 Å². The zero-order chi connectivity index (χ0) is 13.0. The van der Waals surface area contributed by atoms with Gasteiger partial charge in [-0.2, -0.15) is 0 Å². The summed E-state index contributed by atoms with van der Waals surface area (Å²) in [6, 6.07) is 6.82. The molecule has 0 unspecified atom stereocenters. The van der Waals surface area contributed by atoms with Crippen molar-refractivity contribution in [3.63, 3.8) is 0 Å². The summed E-state index contributed by atoms with van der Waals surface area (Å²) < 4.78 is 10.8. The smallest absolute Gasteiger partial charge is 0.337 e. The molecular weight excluding hydrogens is 300 g/mol. The minimum Gasteiger partial charge on any atom is -0.465 e. The van der Waals surface area contributed by atoms with E-state index in [-0.39, 0.29) is 6.01 Å². The van der Waals surface area contributed by atoms with Gasteiger partial charge in [-0.1, -0.05) is 6.07 Å². The molecule has 92 valence electrons. The minimum atomic E-state index is -0.419. The van der Waals surface area contributed by atoms with Crippen LogP contribution in [0.15, 0.2) is 41.1 Å². The van der Waals surface area contributed by atoms with Gasteiger partial charge < -0.3 is 9.47 Å². The van der Waals surface area contributed by atoms with E-state index in [0.717, 1.165) is 4.47 Å². The largest absolute Gasteiger partial charge is 0.465 e. The Hall–Kier alpha value is -1.95. The monoisotopic (exact) mass is 308 g/mol. The summed E-state index contributed by atoms with van der Waals surface area (Å²) >= 11 is 3.23. The molecule has 2 aromatic rings. The second-order valence-electron chi connectivity index (χ2n) is 3.31. The van der Waals surface area contributed by atoms with E-state index in [1.807, 2.05) is 0 Å². The maximum Gasteiger partial charge on any atom is 0.337 e. The summed E-state index contributed by atoms with van der Waals surface area (Å²) in [5.74, 6) is 0.0531. The molecule has 0 aliphatic rings. The highest BCUT2D eigenvalue weighted by Gasteiger charge is 2.07. The van der Waals surface area contributed by atoms with Gasteiger partial charge in [0.15, 0.2) is 0 Å². The fraction of sp³-hybridized carbons (Fsp3) is 0.0833. The normalized spacial score (nSPS) is 9.89. The standard InChI is InChI=1S/C12H9BrN2O3/c1-17-11(16)8-3-2-4-10(5-8)18-12-14-6-9(13)7-15-12/h2-7H,1H3. The van der Waals surface area contributed by atoms with Crippen LogP contribution in [0.3, 0.4) is 0 Å². The summed E-state index contributed by atoms with van der Waals surface area (Å²) in [6.45, 7) is 0. The van der Waals surface area contributed by atoms with E-state index in [1.165, 1.54) is 7.11 Å². The second kappa shape index (κ2) is 5.59. The highest BCUT2D eigenvalue weighted by atomic mass is 79.9. The van der Waals surface area contributed by atoms with E-state index in [0.29, 0.717) is 11.3 Å². The fourth-order valence-electron chi connectivity index (χ4n) is 1.26. The van der Waals surface area contributed by atoms with Crippen LogP contribution in [0.1, 0.15) is 10.4 Å². The maximum atomic E-state index is 11.3. The number of carbonyl (C=O) groups excluding carboxylic acids is 1. The van der Waals surface area contributed by atoms with E-state index >= 15 is 0 Å². The van der Waals surface area contributed by atoms with Crippen molar-refractivity contribution in [2.45, 2.75) is 0 Å². The first-order valence-electron chi connectivity index (χ1n) is 5.03. The topological polar surface area (TPSA) is 61.3 Å². The Bertz CT molecular complexity index is 558. The Morgan fingerprint density at radius 2 is 2.00 bits per heavy atom. The molecule has 0 spiro atoms. The zero-order valence-electron chi connectivity index (χ0n) is 9.46. The van der Waals surface area contributed by atoms with Gasteiger partial charge in [-0.3, -0.25) is 0 Å². The highest BCUT2D eigenvalue weighted by molar-refractivity contribution is 9.10. The summed E-state index contributed by atoms with van der Waals surface area (Å²) in [6.07, 6.45) is 3.15. The van der Waals surface area contributed by atoms with Gasteiger partial charge in [-0.15, -0.1) is 0 Å². The summed E-state index contributed by atoms with van der Waals surface area (Å²) in [5, 5.41) is 0. The van der Waals surface area contributed by atoms with Crippen molar-refractivity contribution in [3.05, 3.63) is 46.7 Å². The Labute approximate surface area is 112 Å². The molecule has 6 heteroatoms. The third-order valence-corrected chi connectivity index (χ3v) is 2.47. The predicted octanol–water partition coefficient (Wildman–Crippen LogP) is 2.82. The van der Waals surface area contributed by atoms with Crippen molar-refractivity contribution in [2.75, 3.05) is 7.11 Å². The molecule has 18 heavy (non-hydrogen) atoms. The van der Waals surface area contributed by atoms with Crippen LogP contribution >= 0.6 is 15.9 Å². The molecule has 1 aromatic heterocycles. The fourth-order valence-corrected chi connectivity index (χ4v) is 1.47. The minimum absolute atomic E-state index is 0.209. The lowest BCUT2D eigenvalue weighted by molar-refractivity contribution is 0.0600. The van der Waals surface area contributed by atoms with Gasteiger partial charge in [0.25, 0.3) is 0 Å². The quantitative estimate of drug-likeness (QED) is 0.816. The number of nitrogens with zero attached hydrogens (tertiary/aromatic N) is 2. The number of hydrogen-bond acceptors (Lipinski definition) is 5. The number of halogens is 1. The average molecular weight is 309 g/mol. The molecule has 0 amide bonds. The molecular formula is C12H9BrN2O3.